The Morgan fingerprint density at radius 2 is 1.45 bits per heavy atom. The molecular formula is C19H37N. The van der Waals surface area contributed by atoms with E-state index in [0.717, 1.165) is 24.2 Å². The molecule has 0 aromatic heterocycles. The molecule has 0 aromatic rings. The fraction of sp³-hybridized carbons (Fsp3) is 0.947. The topological polar surface area (TPSA) is 23.9 Å². The van der Waals surface area contributed by atoms with Crippen LogP contribution in [-0.4, -0.2) is 6.21 Å². The van der Waals surface area contributed by atoms with Crippen molar-refractivity contribution in [2.45, 2.75) is 97.3 Å². The molecule has 1 N–H and O–H groups in total. The van der Waals surface area contributed by atoms with Gasteiger partial charge in [0.05, 0.1) is 0 Å². The molecule has 1 nitrogen and oxygen atoms in total. The fourth-order valence-electron chi connectivity index (χ4n) is 4.05. The molecule has 20 heavy (non-hydrogen) atoms. The molecule has 1 fully saturated rings. The summed E-state index contributed by atoms with van der Waals surface area (Å²) in [5.41, 5.74) is 0. The van der Waals surface area contributed by atoms with Gasteiger partial charge in [-0.2, -0.15) is 0 Å². The normalized spacial score (nSPS) is 26.0. The molecule has 0 bridgehead atoms. The summed E-state index contributed by atoms with van der Waals surface area (Å²) in [5.74, 6) is 2.75. The molecule has 1 aliphatic carbocycles. The molecule has 1 saturated carbocycles. The standard InChI is InChI=1S/C19H37N/c1-3-5-7-8-9-10-12-18-15-17(11-6-4-2)16-19(18)13-14-20/h14,17-20H,3-13,15-16H2,1-2H3. The minimum atomic E-state index is 0.838. The Kier molecular flexibility index (Phi) is 10.1. The van der Waals surface area contributed by atoms with Crippen molar-refractivity contribution in [3.63, 3.8) is 0 Å². The van der Waals surface area contributed by atoms with E-state index in [1.165, 1.54) is 77.0 Å². The molecule has 0 aromatic carbocycles. The van der Waals surface area contributed by atoms with Gasteiger partial charge in [-0.15, -0.1) is 0 Å². The van der Waals surface area contributed by atoms with Crippen molar-refractivity contribution in [1.82, 2.24) is 0 Å². The first-order valence-corrected chi connectivity index (χ1v) is 9.30. The molecule has 0 saturated heterocycles. The summed E-state index contributed by atoms with van der Waals surface area (Å²) in [7, 11) is 0. The van der Waals surface area contributed by atoms with Crippen LogP contribution in [0.1, 0.15) is 97.3 Å². The highest BCUT2D eigenvalue weighted by atomic mass is 14.4. The molecule has 1 aliphatic rings. The van der Waals surface area contributed by atoms with E-state index in [-0.39, 0.29) is 0 Å². The van der Waals surface area contributed by atoms with E-state index in [2.05, 4.69) is 13.8 Å². The Morgan fingerprint density at radius 1 is 0.800 bits per heavy atom. The van der Waals surface area contributed by atoms with Crippen LogP contribution in [0.5, 0.6) is 0 Å². The van der Waals surface area contributed by atoms with Crippen LogP contribution < -0.4 is 0 Å². The molecule has 0 aliphatic heterocycles. The molecule has 3 atom stereocenters. The Balaban J connectivity index is 2.21. The quantitative estimate of drug-likeness (QED) is 0.307. The maximum absolute atomic E-state index is 7.43. The van der Waals surface area contributed by atoms with Crippen LogP contribution >= 0.6 is 0 Å². The molecule has 1 rings (SSSR count). The van der Waals surface area contributed by atoms with E-state index in [1.54, 1.807) is 6.21 Å². The van der Waals surface area contributed by atoms with E-state index in [4.69, 9.17) is 5.41 Å². The minimum Gasteiger partial charge on any atom is -0.313 e. The highest BCUT2D eigenvalue weighted by Crippen LogP contribution is 2.42. The maximum Gasteiger partial charge on any atom is -0.00449 e. The van der Waals surface area contributed by atoms with Gasteiger partial charge >= 0.3 is 0 Å². The van der Waals surface area contributed by atoms with Crippen LogP contribution in [0.2, 0.25) is 0 Å². The predicted octanol–water partition coefficient (Wildman–Crippen LogP) is 6.61. The number of rotatable bonds is 12. The van der Waals surface area contributed by atoms with Gasteiger partial charge in [-0.1, -0.05) is 78.1 Å². The molecule has 1 heteroatoms. The summed E-state index contributed by atoms with van der Waals surface area (Å²) in [6.45, 7) is 4.59. The van der Waals surface area contributed by atoms with Gasteiger partial charge in [0, 0.05) is 0 Å². The second-order valence-electron chi connectivity index (χ2n) is 7.00. The van der Waals surface area contributed by atoms with E-state index < -0.39 is 0 Å². The lowest BCUT2D eigenvalue weighted by atomic mass is 9.88. The third-order valence-electron chi connectivity index (χ3n) is 5.25. The van der Waals surface area contributed by atoms with E-state index >= 15 is 0 Å². The first-order chi connectivity index (χ1) is 9.81. The van der Waals surface area contributed by atoms with Crippen molar-refractivity contribution in [3.8, 4) is 0 Å². The van der Waals surface area contributed by atoms with Crippen molar-refractivity contribution in [2.75, 3.05) is 0 Å². The van der Waals surface area contributed by atoms with Crippen LogP contribution in [0.3, 0.4) is 0 Å². The molecule has 0 radical (unpaired) electrons. The van der Waals surface area contributed by atoms with E-state index in [0.29, 0.717) is 0 Å². The van der Waals surface area contributed by atoms with Gasteiger partial charge in [0.25, 0.3) is 0 Å². The predicted molar refractivity (Wildman–Crippen MR) is 90.6 cm³/mol. The second-order valence-corrected chi connectivity index (χ2v) is 7.00. The Labute approximate surface area is 127 Å². The van der Waals surface area contributed by atoms with Crippen LogP contribution in [-0.2, 0) is 0 Å². The third kappa shape index (κ3) is 6.90. The largest absolute Gasteiger partial charge is 0.313 e. The average Bonchev–Trinajstić information content (AvgIpc) is 2.83. The number of hydrogen-bond acceptors (Lipinski definition) is 1. The molecule has 0 spiro atoms. The number of hydrogen-bond donors (Lipinski definition) is 1. The Bertz CT molecular complexity index is 236. The molecule has 0 heterocycles. The van der Waals surface area contributed by atoms with Crippen molar-refractivity contribution in [1.29, 1.82) is 5.41 Å². The van der Waals surface area contributed by atoms with Crippen molar-refractivity contribution in [3.05, 3.63) is 0 Å². The molecular weight excluding hydrogens is 242 g/mol. The van der Waals surface area contributed by atoms with E-state index in [1.807, 2.05) is 0 Å². The SMILES string of the molecule is CCCCCCCCC1CC(CCCC)CC1CC=N. The van der Waals surface area contributed by atoms with Crippen molar-refractivity contribution in [2.24, 2.45) is 17.8 Å². The summed E-state index contributed by atoms with van der Waals surface area (Å²) in [6.07, 6.45) is 19.7. The van der Waals surface area contributed by atoms with Gasteiger partial charge in [0.2, 0.25) is 0 Å². The smallest absolute Gasteiger partial charge is 0.00449 e. The highest BCUT2D eigenvalue weighted by molar-refractivity contribution is 5.53. The number of nitrogens with one attached hydrogen (secondary N) is 1. The minimum absolute atomic E-state index is 0.838. The molecule has 0 amide bonds. The van der Waals surface area contributed by atoms with Crippen LogP contribution in [0.15, 0.2) is 0 Å². The van der Waals surface area contributed by atoms with Gasteiger partial charge in [0.1, 0.15) is 0 Å². The Morgan fingerprint density at radius 3 is 2.15 bits per heavy atom. The summed E-state index contributed by atoms with van der Waals surface area (Å²) in [5, 5.41) is 7.43. The maximum atomic E-state index is 7.43. The monoisotopic (exact) mass is 279 g/mol. The van der Waals surface area contributed by atoms with Gasteiger partial charge in [0.15, 0.2) is 0 Å². The number of unbranched alkanes of at least 4 members (excludes halogenated alkanes) is 6. The van der Waals surface area contributed by atoms with Gasteiger partial charge in [-0.3, -0.25) is 0 Å². The molecule has 118 valence electrons. The lowest BCUT2D eigenvalue weighted by Crippen LogP contribution is -2.08. The lowest BCUT2D eigenvalue weighted by molar-refractivity contribution is 0.359. The zero-order valence-electron chi connectivity index (χ0n) is 14.0. The third-order valence-corrected chi connectivity index (χ3v) is 5.25. The first-order valence-electron chi connectivity index (χ1n) is 9.30. The van der Waals surface area contributed by atoms with Crippen LogP contribution in [0.25, 0.3) is 0 Å². The first kappa shape index (κ1) is 17.7. The average molecular weight is 280 g/mol. The van der Waals surface area contributed by atoms with Crippen LogP contribution in [0, 0.1) is 23.2 Å². The lowest BCUT2D eigenvalue weighted by Gasteiger charge is -2.17. The van der Waals surface area contributed by atoms with Crippen molar-refractivity contribution < 1.29 is 0 Å². The zero-order valence-corrected chi connectivity index (χ0v) is 14.0. The van der Waals surface area contributed by atoms with Gasteiger partial charge < -0.3 is 5.41 Å². The summed E-state index contributed by atoms with van der Waals surface area (Å²) in [6, 6.07) is 0. The van der Waals surface area contributed by atoms with E-state index in [9.17, 15) is 0 Å². The van der Waals surface area contributed by atoms with Crippen LogP contribution in [0.4, 0.5) is 0 Å². The Hall–Kier alpha value is -0.330. The second kappa shape index (κ2) is 11.3. The summed E-state index contributed by atoms with van der Waals surface area (Å²) < 4.78 is 0. The van der Waals surface area contributed by atoms with Gasteiger partial charge in [-0.25, -0.2) is 0 Å². The zero-order chi connectivity index (χ0) is 14.6. The highest BCUT2D eigenvalue weighted by Gasteiger charge is 2.32. The summed E-state index contributed by atoms with van der Waals surface area (Å²) >= 11 is 0. The van der Waals surface area contributed by atoms with Crippen molar-refractivity contribution >= 4 is 6.21 Å². The molecule has 3 unspecified atom stereocenters. The fourth-order valence-corrected chi connectivity index (χ4v) is 4.05. The summed E-state index contributed by atoms with van der Waals surface area (Å²) in [4.78, 5) is 0. The van der Waals surface area contributed by atoms with Gasteiger partial charge in [-0.05, 0) is 43.2 Å².